The highest BCUT2D eigenvalue weighted by atomic mass is 16.7. The van der Waals surface area contributed by atoms with Gasteiger partial charge in [0.05, 0.1) is 17.5 Å². The highest BCUT2D eigenvalue weighted by Gasteiger charge is 2.48. The van der Waals surface area contributed by atoms with Gasteiger partial charge in [0.1, 0.15) is 0 Å². The molecule has 0 bridgehead atoms. The molecule has 2 heterocycles. The lowest BCUT2D eigenvalue weighted by Gasteiger charge is -2.18. The Kier molecular flexibility index (Phi) is 2.58. The number of hydrogen-bond donors (Lipinski definition) is 0. The van der Waals surface area contributed by atoms with E-state index in [0.717, 1.165) is 0 Å². The van der Waals surface area contributed by atoms with Gasteiger partial charge in [-0.2, -0.15) is 0 Å². The van der Waals surface area contributed by atoms with Gasteiger partial charge in [0.25, 0.3) is 0 Å². The molecule has 0 radical (unpaired) electrons. The fourth-order valence-corrected chi connectivity index (χ4v) is 3.32. The maximum atomic E-state index is 12.6. The van der Waals surface area contributed by atoms with Crippen LogP contribution in [0.4, 0.5) is 5.69 Å². The molecular weight excluding hydrogens is 270 g/mol. The van der Waals surface area contributed by atoms with Crippen LogP contribution in [0.15, 0.2) is 29.8 Å². The lowest BCUT2D eigenvalue weighted by Crippen LogP contribution is -2.30. The van der Waals surface area contributed by atoms with Gasteiger partial charge in [0.15, 0.2) is 11.5 Å². The van der Waals surface area contributed by atoms with Gasteiger partial charge < -0.3 is 9.47 Å². The summed E-state index contributed by atoms with van der Waals surface area (Å²) in [5.74, 6) is 0.591. The zero-order chi connectivity index (χ0) is 14.6. The standard InChI is InChI=1S/C16H15NO4/c1-9-2-4-11-12(6-9)16(19)17(15(11)18)10-3-5-13-14(7-10)21-8-20-13/h2-3,5,7,11-12H,4,6,8H2,1H3/t11-,12+/m1/s1. The summed E-state index contributed by atoms with van der Waals surface area (Å²) >= 11 is 0. The van der Waals surface area contributed by atoms with Crippen molar-refractivity contribution in [3.8, 4) is 11.5 Å². The molecule has 108 valence electrons. The largest absolute Gasteiger partial charge is 0.454 e. The average molecular weight is 285 g/mol. The number of ether oxygens (including phenoxy) is 2. The minimum Gasteiger partial charge on any atom is -0.454 e. The average Bonchev–Trinajstić information content (AvgIpc) is 3.02. The normalized spacial score (nSPS) is 26.9. The van der Waals surface area contributed by atoms with E-state index in [1.807, 2.05) is 6.92 Å². The highest BCUT2D eigenvalue weighted by Crippen LogP contribution is 2.42. The van der Waals surface area contributed by atoms with Crippen molar-refractivity contribution in [1.29, 1.82) is 0 Å². The Hall–Kier alpha value is -2.30. The first-order chi connectivity index (χ1) is 10.1. The lowest BCUT2D eigenvalue weighted by atomic mass is 9.82. The summed E-state index contributed by atoms with van der Waals surface area (Å²) in [4.78, 5) is 26.5. The molecular formula is C16H15NO4. The highest BCUT2D eigenvalue weighted by molar-refractivity contribution is 6.22. The zero-order valence-electron chi connectivity index (χ0n) is 11.7. The predicted molar refractivity (Wildman–Crippen MR) is 75.0 cm³/mol. The van der Waals surface area contributed by atoms with Crippen LogP contribution < -0.4 is 14.4 Å². The molecule has 1 aliphatic carbocycles. The van der Waals surface area contributed by atoms with Crippen LogP contribution in [0.5, 0.6) is 11.5 Å². The van der Waals surface area contributed by atoms with Crippen LogP contribution in [-0.4, -0.2) is 18.6 Å². The summed E-state index contributed by atoms with van der Waals surface area (Å²) in [5.41, 5.74) is 1.76. The van der Waals surface area contributed by atoms with Gasteiger partial charge in [-0.05, 0) is 31.9 Å². The van der Waals surface area contributed by atoms with E-state index in [9.17, 15) is 9.59 Å². The van der Waals surface area contributed by atoms with Crippen LogP contribution in [0.25, 0.3) is 0 Å². The van der Waals surface area contributed by atoms with E-state index in [0.29, 0.717) is 30.0 Å². The number of benzene rings is 1. The first-order valence-electron chi connectivity index (χ1n) is 7.08. The fourth-order valence-electron chi connectivity index (χ4n) is 3.32. The topological polar surface area (TPSA) is 55.8 Å². The number of carbonyl (C=O) groups excluding carboxylic acids is 2. The second kappa shape index (κ2) is 4.35. The third kappa shape index (κ3) is 1.77. The van der Waals surface area contributed by atoms with Crippen molar-refractivity contribution >= 4 is 17.5 Å². The number of imide groups is 1. The molecule has 2 atom stereocenters. The van der Waals surface area contributed by atoms with E-state index in [1.54, 1.807) is 18.2 Å². The molecule has 5 heteroatoms. The van der Waals surface area contributed by atoms with E-state index in [4.69, 9.17) is 9.47 Å². The van der Waals surface area contributed by atoms with E-state index in [2.05, 4.69) is 6.08 Å². The van der Waals surface area contributed by atoms with Crippen LogP contribution in [-0.2, 0) is 9.59 Å². The Morgan fingerprint density at radius 2 is 1.86 bits per heavy atom. The van der Waals surface area contributed by atoms with Crippen molar-refractivity contribution in [2.75, 3.05) is 11.7 Å². The molecule has 4 rings (SSSR count). The van der Waals surface area contributed by atoms with Gasteiger partial charge in [0, 0.05) is 6.07 Å². The minimum absolute atomic E-state index is 0.101. The number of fused-ring (bicyclic) bond motifs is 2. The summed E-state index contributed by atoms with van der Waals surface area (Å²) < 4.78 is 10.6. The number of anilines is 1. The van der Waals surface area contributed by atoms with Gasteiger partial charge in [-0.15, -0.1) is 0 Å². The summed E-state index contributed by atoms with van der Waals surface area (Å²) in [6, 6.07) is 5.18. The van der Waals surface area contributed by atoms with Crippen LogP contribution in [0, 0.1) is 11.8 Å². The number of hydrogen-bond acceptors (Lipinski definition) is 4. The molecule has 0 spiro atoms. The van der Waals surface area contributed by atoms with Gasteiger partial charge in [0.2, 0.25) is 18.6 Å². The van der Waals surface area contributed by atoms with Gasteiger partial charge in [-0.25, -0.2) is 4.90 Å². The van der Waals surface area contributed by atoms with E-state index in [-0.39, 0.29) is 30.4 Å². The minimum atomic E-state index is -0.216. The number of rotatable bonds is 1. The number of allylic oxidation sites excluding steroid dienone is 2. The second-order valence-electron chi connectivity index (χ2n) is 5.75. The monoisotopic (exact) mass is 285 g/mol. The molecule has 5 nitrogen and oxygen atoms in total. The van der Waals surface area contributed by atoms with E-state index >= 15 is 0 Å². The molecule has 0 saturated carbocycles. The molecule has 0 unspecified atom stereocenters. The maximum absolute atomic E-state index is 12.6. The van der Waals surface area contributed by atoms with Crippen molar-refractivity contribution in [2.24, 2.45) is 11.8 Å². The Bertz CT molecular complexity index is 679. The summed E-state index contributed by atoms with van der Waals surface area (Å²) in [7, 11) is 0. The summed E-state index contributed by atoms with van der Waals surface area (Å²) in [5, 5.41) is 0. The molecule has 1 aromatic rings. The number of nitrogens with zero attached hydrogens (tertiary/aromatic N) is 1. The van der Waals surface area contributed by atoms with Crippen LogP contribution >= 0.6 is 0 Å². The fraction of sp³-hybridized carbons (Fsp3) is 0.375. The van der Waals surface area contributed by atoms with Crippen LogP contribution in [0.3, 0.4) is 0 Å². The van der Waals surface area contributed by atoms with Crippen LogP contribution in [0.2, 0.25) is 0 Å². The molecule has 1 saturated heterocycles. The summed E-state index contributed by atoms with van der Waals surface area (Å²) in [6.07, 6.45) is 3.40. The molecule has 2 aliphatic heterocycles. The SMILES string of the molecule is CC1=CC[C@H]2C(=O)N(c3ccc4c(c3)OCO4)C(=O)[C@H]2C1. The van der Waals surface area contributed by atoms with Gasteiger partial charge in [-0.3, -0.25) is 9.59 Å². The molecule has 0 N–H and O–H groups in total. The van der Waals surface area contributed by atoms with E-state index < -0.39 is 0 Å². The molecule has 3 aliphatic rings. The van der Waals surface area contributed by atoms with Crippen molar-refractivity contribution < 1.29 is 19.1 Å². The molecule has 21 heavy (non-hydrogen) atoms. The number of carbonyl (C=O) groups is 2. The Morgan fingerprint density at radius 1 is 1.10 bits per heavy atom. The van der Waals surface area contributed by atoms with Gasteiger partial charge in [-0.1, -0.05) is 11.6 Å². The first-order valence-corrected chi connectivity index (χ1v) is 7.08. The van der Waals surface area contributed by atoms with Crippen molar-refractivity contribution in [2.45, 2.75) is 19.8 Å². The van der Waals surface area contributed by atoms with Crippen molar-refractivity contribution in [1.82, 2.24) is 0 Å². The Morgan fingerprint density at radius 3 is 2.71 bits per heavy atom. The molecule has 2 amide bonds. The lowest BCUT2D eigenvalue weighted by molar-refractivity contribution is -0.122. The predicted octanol–water partition coefficient (Wildman–Crippen LogP) is 2.26. The zero-order valence-corrected chi connectivity index (χ0v) is 11.7. The molecule has 0 aromatic heterocycles. The quantitative estimate of drug-likeness (QED) is 0.586. The number of amides is 2. The Balaban J connectivity index is 1.70. The van der Waals surface area contributed by atoms with E-state index in [1.165, 1.54) is 10.5 Å². The van der Waals surface area contributed by atoms with Crippen molar-refractivity contribution in [3.63, 3.8) is 0 Å². The smallest absolute Gasteiger partial charge is 0.238 e. The van der Waals surface area contributed by atoms with Crippen LogP contribution in [0.1, 0.15) is 19.8 Å². The third-order valence-electron chi connectivity index (χ3n) is 4.44. The second-order valence-corrected chi connectivity index (χ2v) is 5.75. The molecule has 1 fully saturated rings. The maximum Gasteiger partial charge on any atom is 0.238 e. The first kappa shape index (κ1) is 12.4. The Labute approximate surface area is 122 Å². The molecule has 1 aromatic carbocycles. The van der Waals surface area contributed by atoms with Gasteiger partial charge >= 0.3 is 0 Å². The summed E-state index contributed by atoms with van der Waals surface area (Å²) in [6.45, 7) is 2.19. The third-order valence-corrected chi connectivity index (χ3v) is 4.44. The van der Waals surface area contributed by atoms with Crippen molar-refractivity contribution in [3.05, 3.63) is 29.8 Å².